The molecular formula is C52H97N3O28. The molecule has 3 amide bonds. The van der Waals surface area contributed by atoms with Crippen molar-refractivity contribution in [2.45, 2.75) is 157 Å². The van der Waals surface area contributed by atoms with E-state index >= 15 is 0 Å². The molecule has 3 saturated heterocycles. The quantitative estimate of drug-likeness (QED) is 0.0252. The van der Waals surface area contributed by atoms with Crippen molar-refractivity contribution in [2.75, 3.05) is 152 Å². The van der Waals surface area contributed by atoms with Crippen LogP contribution in [-0.2, 0) is 76.0 Å². The van der Waals surface area contributed by atoms with Gasteiger partial charge in [0.2, 0.25) is 17.7 Å². The summed E-state index contributed by atoms with van der Waals surface area (Å²) in [7, 11) is 0. The molecule has 488 valence electrons. The Labute approximate surface area is 483 Å². The van der Waals surface area contributed by atoms with Crippen LogP contribution in [0.2, 0.25) is 0 Å². The summed E-state index contributed by atoms with van der Waals surface area (Å²) in [6.45, 7) is 4.30. The van der Waals surface area contributed by atoms with Crippen molar-refractivity contribution in [3.63, 3.8) is 0 Å². The van der Waals surface area contributed by atoms with Crippen molar-refractivity contribution in [3.05, 3.63) is 0 Å². The fourth-order valence-corrected chi connectivity index (χ4v) is 8.73. The summed E-state index contributed by atoms with van der Waals surface area (Å²) in [4.78, 5) is 37.8. The number of aliphatic hydroxyl groups excluding tert-OH is 12. The van der Waals surface area contributed by atoms with Crippen molar-refractivity contribution in [1.29, 1.82) is 0 Å². The average molecular weight is 1210 g/mol. The minimum Gasteiger partial charge on any atom is -0.394 e. The zero-order valence-electron chi connectivity index (χ0n) is 47.7. The lowest BCUT2D eigenvalue weighted by Gasteiger charge is -2.39. The van der Waals surface area contributed by atoms with Gasteiger partial charge in [-0.15, -0.1) is 0 Å². The number of nitrogens with one attached hydrogen (secondary N) is 3. The van der Waals surface area contributed by atoms with E-state index in [2.05, 4.69) is 22.9 Å². The van der Waals surface area contributed by atoms with Gasteiger partial charge in [0, 0.05) is 38.9 Å². The Morgan fingerprint density at radius 2 is 0.651 bits per heavy atom. The maximum atomic E-state index is 12.6. The molecule has 3 fully saturated rings. The summed E-state index contributed by atoms with van der Waals surface area (Å²) >= 11 is 0. The van der Waals surface area contributed by atoms with Crippen LogP contribution in [0.15, 0.2) is 0 Å². The lowest BCUT2D eigenvalue weighted by atomic mass is 9.80. The summed E-state index contributed by atoms with van der Waals surface area (Å²) in [6, 6.07) is 0. The van der Waals surface area contributed by atoms with Crippen molar-refractivity contribution < 1.29 is 137 Å². The molecule has 0 aliphatic carbocycles. The smallest absolute Gasteiger partial charge is 0.222 e. The minimum atomic E-state index is -1.54. The van der Waals surface area contributed by atoms with E-state index in [9.17, 15) is 75.7 Å². The summed E-state index contributed by atoms with van der Waals surface area (Å²) in [5.41, 5.74) is -0.310. The highest BCUT2D eigenvalue weighted by atomic mass is 16.7. The number of rotatable bonds is 48. The van der Waals surface area contributed by atoms with Gasteiger partial charge < -0.3 is 139 Å². The van der Waals surface area contributed by atoms with Crippen LogP contribution in [-0.4, -0.2) is 323 Å². The first-order valence-corrected chi connectivity index (χ1v) is 28.6. The van der Waals surface area contributed by atoms with E-state index in [1.165, 1.54) is 0 Å². The molecule has 0 aromatic heterocycles. The van der Waals surface area contributed by atoms with Gasteiger partial charge in [0.25, 0.3) is 0 Å². The van der Waals surface area contributed by atoms with Crippen LogP contribution in [0.5, 0.6) is 0 Å². The first-order valence-electron chi connectivity index (χ1n) is 28.6. The van der Waals surface area contributed by atoms with E-state index in [4.69, 9.17) is 61.6 Å². The van der Waals surface area contributed by atoms with Crippen LogP contribution in [0.3, 0.4) is 0 Å². The van der Waals surface area contributed by atoms with Crippen LogP contribution in [0, 0.1) is 5.41 Å². The first kappa shape index (κ1) is 74.7. The van der Waals surface area contributed by atoms with E-state index < -0.39 is 112 Å². The molecule has 31 nitrogen and oxygen atoms in total. The van der Waals surface area contributed by atoms with Crippen molar-refractivity contribution in [2.24, 2.45) is 5.41 Å². The molecule has 0 radical (unpaired) electrons. The molecule has 0 saturated carbocycles. The molecule has 15 N–H and O–H groups in total. The largest absolute Gasteiger partial charge is 0.394 e. The first-order chi connectivity index (χ1) is 40.0. The van der Waals surface area contributed by atoms with Crippen LogP contribution in [0.1, 0.15) is 64.7 Å². The number of carbonyl (C=O) groups excluding carboxylic acids is 3. The summed E-state index contributed by atoms with van der Waals surface area (Å²) < 4.78 is 70.9. The van der Waals surface area contributed by atoms with E-state index in [0.29, 0.717) is 45.4 Å². The molecule has 0 bridgehead atoms. The zero-order chi connectivity index (χ0) is 60.8. The van der Waals surface area contributed by atoms with Gasteiger partial charge in [-0.25, -0.2) is 0 Å². The molecule has 0 aromatic rings. The summed E-state index contributed by atoms with van der Waals surface area (Å²) in [6.07, 6.45) is -15.6. The standard InChI is InChI=1S/C52H97N3O28/c1-52(9-4-2-6-37(59)53-11-15-71-18-21-74-24-27-78-49-46(68)43(65)40(62)34(30-56)81-49,10-5-3-7-38(60)54-12-16-72-19-22-75-25-28-79-50-47(69)44(66)41(63)35(31-57)82-50)33-77-14-8-39(61)55-13-17-73-20-23-76-26-29-80-51-48(70)45(67)42(64)36(32-58)83-51/h34-36,40-51,56-58,62-70H,2-33H2,1H3,(H,53,59)(H,54,60)(H,55,61)/t34?,35?,36?,40-,41-,42-,43?,44?,45?,46?,47?,48?,49+,50+,51+,52?/m1/s1. The molecule has 3 rings (SSSR count). The fraction of sp³-hybridized carbons (Fsp3) is 0.942. The molecule has 9 unspecified atom stereocenters. The van der Waals surface area contributed by atoms with Crippen LogP contribution < -0.4 is 16.0 Å². The molecule has 31 heteroatoms. The Morgan fingerprint density at radius 1 is 0.361 bits per heavy atom. The monoisotopic (exact) mass is 1210 g/mol. The van der Waals surface area contributed by atoms with Gasteiger partial charge in [-0.2, -0.15) is 0 Å². The third-order valence-corrected chi connectivity index (χ3v) is 13.7. The lowest BCUT2D eigenvalue weighted by Crippen LogP contribution is -2.59. The maximum Gasteiger partial charge on any atom is 0.222 e. The second-order valence-electron chi connectivity index (χ2n) is 20.5. The molecule has 3 heterocycles. The van der Waals surface area contributed by atoms with Crippen molar-refractivity contribution in [3.8, 4) is 0 Å². The fourth-order valence-electron chi connectivity index (χ4n) is 8.73. The number of carbonyl (C=O) groups is 3. The second-order valence-corrected chi connectivity index (χ2v) is 20.5. The molecule has 15 atom stereocenters. The van der Waals surface area contributed by atoms with Gasteiger partial charge in [0.1, 0.15) is 73.2 Å². The topological polar surface area (TPSA) is 450 Å². The predicted molar refractivity (Wildman–Crippen MR) is 284 cm³/mol. The Balaban J connectivity index is 1.26. The number of ether oxygens (including phenoxy) is 13. The average Bonchev–Trinajstić information content (AvgIpc) is 3.66. The van der Waals surface area contributed by atoms with Crippen molar-refractivity contribution >= 4 is 17.7 Å². The van der Waals surface area contributed by atoms with Crippen LogP contribution >= 0.6 is 0 Å². The highest BCUT2D eigenvalue weighted by Crippen LogP contribution is 2.32. The number of unbranched alkanes of at least 4 members (excludes halogenated alkanes) is 2. The molecule has 0 spiro atoms. The number of aliphatic hydroxyl groups is 12. The maximum absolute atomic E-state index is 12.6. The third-order valence-electron chi connectivity index (χ3n) is 13.7. The van der Waals surface area contributed by atoms with Gasteiger partial charge in [0.05, 0.1) is 132 Å². The van der Waals surface area contributed by atoms with E-state index in [1.807, 2.05) is 0 Å². The Kier molecular flexibility index (Phi) is 39.5. The predicted octanol–water partition coefficient (Wildman–Crippen LogP) is -6.58. The SMILES string of the molecule is CC(CCCCC(=O)NCCOCCOCCO[C@H]1OC(CO)[C@@H](O)C(O)C1O)(CCCCC(=O)NCCOCCOCCO[C@H]1OC(CO)[C@@H](O)C(O)C1O)COCCC(=O)NCCOCCOCCO[C@H]1OC(CO)[C@@H](O)C(O)C1O. The second kappa shape index (κ2) is 43.9. The molecule has 3 aliphatic heterocycles. The Morgan fingerprint density at radius 3 is 0.964 bits per heavy atom. The minimum absolute atomic E-state index is 0.00304. The highest BCUT2D eigenvalue weighted by molar-refractivity contribution is 5.76. The summed E-state index contributed by atoms with van der Waals surface area (Å²) in [5, 5.41) is 126. The zero-order valence-corrected chi connectivity index (χ0v) is 47.7. The Bertz CT molecular complexity index is 1500. The van der Waals surface area contributed by atoms with E-state index in [0.717, 1.165) is 25.7 Å². The van der Waals surface area contributed by atoms with E-state index in [-0.39, 0.29) is 142 Å². The van der Waals surface area contributed by atoms with Crippen LogP contribution in [0.25, 0.3) is 0 Å². The normalized spacial score (nSPS) is 29.1. The van der Waals surface area contributed by atoms with E-state index in [1.54, 1.807) is 0 Å². The summed E-state index contributed by atoms with van der Waals surface area (Å²) in [5.74, 6) is -0.472. The van der Waals surface area contributed by atoms with Gasteiger partial charge in [0.15, 0.2) is 18.9 Å². The highest BCUT2D eigenvalue weighted by Gasteiger charge is 2.46. The molecule has 0 aromatic carbocycles. The molecule has 3 aliphatic rings. The molecule has 83 heavy (non-hydrogen) atoms. The Hall–Kier alpha value is -2.59. The van der Waals surface area contributed by atoms with Crippen molar-refractivity contribution in [1.82, 2.24) is 16.0 Å². The van der Waals surface area contributed by atoms with Crippen LogP contribution in [0.4, 0.5) is 0 Å². The molecular weight excluding hydrogens is 1110 g/mol. The number of amides is 3. The lowest BCUT2D eigenvalue weighted by molar-refractivity contribution is -0.302. The van der Waals surface area contributed by atoms with Gasteiger partial charge in [-0.1, -0.05) is 19.8 Å². The van der Waals surface area contributed by atoms with Gasteiger partial charge >= 0.3 is 0 Å². The third kappa shape index (κ3) is 29.8. The van der Waals surface area contributed by atoms with Gasteiger partial charge in [-0.05, 0) is 31.1 Å². The number of hydrogen-bond acceptors (Lipinski definition) is 28. The van der Waals surface area contributed by atoms with Gasteiger partial charge in [-0.3, -0.25) is 14.4 Å². The number of hydrogen-bond donors (Lipinski definition) is 15.